The standard InChI is InChI=1S/C34H37N7O6S/c1-46-26-15-20(16-27(47-2)29(26)42)17-28-32(45)41(34(48-28)39-23-11-4-3-5-12-23)24(13-8-14-38-33(36)37)31(44)40-19-22-10-7-6-9-21(22)18-25(40)30(35)43/h3-7,9-12,15-17,24-25,42H,8,13-14,18-19H2,1-2H3,(H2,35,43)(H4,36,37,38)/b28-17-,39-34?/t24-,25-/m0/s1. The number of methoxy groups -OCH3 is 2. The quantitative estimate of drug-likeness (QED) is 0.102. The molecule has 3 aromatic rings. The van der Waals surface area contributed by atoms with Gasteiger partial charge in [-0.15, -0.1) is 0 Å². The van der Waals surface area contributed by atoms with Crippen molar-refractivity contribution in [2.24, 2.45) is 27.2 Å². The number of hydrogen-bond acceptors (Lipinski definition) is 9. The van der Waals surface area contributed by atoms with Gasteiger partial charge in [0, 0.05) is 19.5 Å². The Hall–Kier alpha value is -5.50. The van der Waals surface area contributed by atoms with Crippen LogP contribution in [0.3, 0.4) is 0 Å². The number of para-hydroxylation sites is 1. The van der Waals surface area contributed by atoms with Gasteiger partial charge in [0.15, 0.2) is 22.6 Å². The molecule has 2 aliphatic rings. The van der Waals surface area contributed by atoms with E-state index in [9.17, 15) is 19.5 Å². The van der Waals surface area contributed by atoms with Gasteiger partial charge in [0.05, 0.1) is 24.8 Å². The summed E-state index contributed by atoms with van der Waals surface area (Å²) < 4.78 is 10.6. The van der Waals surface area contributed by atoms with Crippen molar-refractivity contribution >= 4 is 52.4 Å². The molecule has 3 aromatic carbocycles. The topological polar surface area (TPSA) is 199 Å². The minimum absolute atomic E-state index is 0.0941. The fourth-order valence-corrected chi connectivity index (χ4v) is 6.69. The van der Waals surface area contributed by atoms with Gasteiger partial charge in [0.1, 0.15) is 12.1 Å². The van der Waals surface area contributed by atoms with Crippen molar-refractivity contribution < 1.29 is 29.0 Å². The highest BCUT2D eigenvalue weighted by Crippen LogP contribution is 2.41. The van der Waals surface area contributed by atoms with E-state index < -0.39 is 29.8 Å². The maximum absolute atomic E-state index is 14.6. The SMILES string of the molecule is COc1cc(/C=C2\SC(=Nc3ccccc3)N([C@@H](CCCN=C(N)N)C(=O)N3Cc4ccccc4C[C@H]3C(N)=O)C2=O)cc(OC)c1O. The predicted molar refractivity (Wildman–Crippen MR) is 185 cm³/mol. The molecule has 0 bridgehead atoms. The second-order valence-corrected chi connectivity index (χ2v) is 12.1. The first-order chi connectivity index (χ1) is 23.1. The van der Waals surface area contributed by atoms with Crippen LogP contribution in [0.4, 0.5) is 5.69 Å². The highest BCUT2D eigenvalue weighted by molar-refractivity contribution is 8.18. The summed E-state index contributed by atoms with van der Waals surface area (Å²) >= 11 is 1.09. The van der Waals surface area contributed by atoms with Gasteiger partial charge in [-0.1, -0.05) is 42.5 Å². The fourth-order valence-electron chi connectivity index (χ4n) is 5.66. The zero-order chi connectivity index (χ0) is 34.4. The normalized spacial score (nSPS) is 18.0. The Morgan fingerprint density at radius 2 is 1.67 bits per heavy atom. The van der Waals surface area contributed by atoms with Crippen LogP contribution in [-0.2, 0) is 27.3 Å². The first kappa shape index (κ1) is 33.9. The molecule has 14 heteroatoms. The van der Waals surface area contributed by atoms with Gasteiger partial charge in [-0.3, -0.25) is 24.3 Å². The number of fused-ring (bicyclic) bond motifs is 1. The Bertz CT molecular complexity index is 1770. The number of rotatable bonds is 11. The summed E-state index contributed by atoms with van der Waals surface area (Å²) in [5, 5.41) is 10.7. The van der Waals surface area contributed by atoms with Crippen molar-refractivity contribution in [3.05, 3.63) is 88.3 Å². The van der Waals surface area contributed by atoms with Crippen LogP contribution < -0.4 is 26.7 Å². The number of ether oxygens (including phenoxy) is 2. The van der Waals surface area contributed by atoms with Crippen LogP contribution in [0.1, 0.15) is 29.5 Å². The maximum Gasteiger partial charge on any atom is 0.267 e. The smallest absolute Gasteiger partial charge is 0.267 e. The molecule has 0 aliphatic carbocycles. The van der Waals surface area contributed by atoms with Gasteiger partial charge in [-0.2, -0.15) is 0 Å². The molecular formula is C34H37N7O6S. The van der Waals surface area contributed by atoms with Crippen LogP contribution in [0.15, 0.2) is 81.6 Å². The average molecular weight is 672 g/mol. The number of primary amides is 1. The lowest BCUT2D eigenvalue weighted by Gasteiger charge is -2.39. The van der Waals surface area contributed by atoms with E-state index in [0.717, 1.165) is 22.9 Å². The molecule has 0 aromatic heterocycles. The van der Waals surface area contributed by atoms with Gasteiger partial charge in [-0.25, -0.2) is 4.99 Å². The van der Waals surface area contributed by atoms with E-state index in [4.69, 9.17) is 31.7 Å². The number of phenols is 1. The lowest BCUT2D eigenvalue weighted by molar-refractivity contribution is -0.146. The number of thioether (sulfide) groups is 1. The van der Waals surface area contributed by atoms with E-state index in [1.165, 1.54) is 24.0 Å². The molecule has 7 N–H and O–H groups in total. The van der Waals surface area contributed by atoms with Crippen LogP contribution in [0, 0.1) is 0 Å². The van der Waals surface area contributed by atoms with Gasteiger partial charge in [0.25, 0.3) is 5.91 Å². The summed E-state index contributed by atoms with van der Waals surface area (Å²) in [5.41, 5.74) is 19.8. The van der Waals surface area contributed by atoms with E-state index >= 15 is 0 Å². The average Bonchev–Trinajstić information content (AvgIpc) is 3.37. The second-order valence-electron chi connectivity index (χ2n) is 11.1. The third kappa shape index (κ3) is 7.39. The molecular weight excluding hydrogens is 634 g/mol. The number of amides is 3. The number of aliphatic imine (C=N–C) groups is 2. The molecule has 2 atom stereocenters. The molecule has 1 saturated heterocycles. The molecule has 13 nitrogen and oxygen atoms in total. The largest absolute Gasteiger partial charge is 0.502 e. The van der Waals surface area contributed by atoms with Crippen molar-refractivity contribution in [3.8, 4) is 17.2 Å². The molecule has 0 saturated carbocycles. The number of nitrogens with zero attached hydrogens (tertiary/aromatic N) is 4. The Balaban J connectivity index is 1.60. The predicted octanol–water partition coefficient (Wildman–Crippen LogP) is 2.87. The molecule has 2 aliphatic heterocycles. The van der Waals surface area contributed by atoms with Crippen LogP contribution in [0.5, 0.6) is 17.2 Å². The Labute approximate surface area is 282 Å². The lowest BCUT2D eigenvalue weighted by Crippen LogP contribution is -2.57. The van der Waals surface area contributed by atoms with Crippen molar-refractivity contribution in [2.45, 2.75) is 37.9 Å². The van der Waals surface area contributed by atoms with Crippen LogP contribution in [0.25, 0.3) is 6.08 Å². The summed E-state index contributed by atoms with van der Waals surface area (Å²) in [6, 6.07) is 17.7. The molecule has 48 heavy (non-hydrogen) atoms. The Morgan fingerprint density at radius 3 is 2.29 bits per heavy atom. The number of benzene rings is 3. The first-order valence-corrected chi connectivity index (χ1v) is 16.0. The molecule has 2 heterocycles. The summed E-state index contributed by atoms with van der Waals surface area (Å²) in [6.45, 7) is 0.355. The highest BCUT2D eigenvalue weighted by Gasteiger charge is 2.45. The number of amidine groups is 1. The monoisotopic (exact) mass is 671 g/mol. The lowest BCUT2D eigenvalue weighted by atomic mass is 9.92. The second kappa shape index (κ2) is 14.9. The van der Waals surface area contributed by atoms with Crippen LogP contribution in [0.2, 0.25) is 0 Å². The third-order valence-electron chi connectivity index (χ3n) is 8.00. The summed E-state index contributed by atoms with van der Waals surface area (Å²) in [4.78, 5) is 53.7. The van der Waals surface area contributed by atoms with E-state index in [1.54, 1.807) is 30.3 Å². The summed E-state index contributed by atoms with van der Waals surface area (Å²) in [5.74, 6) is -1.55. The zero-order valence-corrected chi connectivity index (χ0v) is 27.4. The molecule has 0 spiro atoms. The van der Waals surface area contributed by atoms with E-state index in [2.05, 4.69) is 4.99 Å². The molecule has 3 amide bonds. The molecule has 5 rings (SSSR count). The highest BCUT2D eigenvalue weighted by atomic mass is 32.2. The van der Waals surface area contributed by atoms with Gasteiger partial charge >= 0.3 is 0 Å². The Morgan fingerprint density at radius 1 is 1.02 bits per heavy atom. The number of nitrogens with two attached hydrogens (primary N) is 3. The summed E-state index contributed by atoms with van der Waals surface area (Å²) in [6.07, 6.45) is 2.37. The summed E-state index contributed by atoms with van der Waals surface area (Å²) in [7, 11) is 2.81. The fraction of sp³-hybridized carbons (Fsp3) is 0.265. The molecule has 1 fully saturated rings. The minimum atomic E-state index is -1.08. The van der Waals surface area contributed by atoms with Crippen LogP contribution in [-0.4, -0.2) is 76.6 Å². The number of guanidine groups is 1. The molecule has 0 unspecified atom stereocenters. The van der Waals surface area contributed by atoms with Crippen molar-refractivity contribution in [2.75, 3.05) is 20.8 Å². The van der Waals surface area contributed by atoms with Crippen molar-refractivity contribution in [3.63, 3.8) is 0 Å². The van der Waals surface area contributed by atoms with E-state index in [1.807, 2.05) is 42.5 Å². The number of phenolic OH excluding ortho intramolecular Hbond substituents is 1. The molecule has 250 valence electrons. The van der Waals surface area contributed by atoms with Crippen molar-refractivity contribution in [1.82, 2.24) is 9.80 Å². The van der Waals surface area contributed by atoms with Gasteiger partial charge in [-0.05, 0) is 71.6 Å². The Kier molecular flexibility index (Phi) is 10.5. The maximum atomic E-state index is 14.6. The van der Waals surface area contributed by atoms with Crippen LogP contribution >= 0.6 is 11.8 Å². The number of carbonyl (C=O) groups excluding carboxylic acids is 3. The van der Waals surface area contributed by atoms with Crippen molar-refractivity contribution in [1.29, 1.82) is 0 Å². The number of hydrogen-bond donors (Lipinski definition) is 4. The zero-order valence-electron chi connectivity index (χ0n) is 26.5. The number of carbonyl (C=O) groups is 3. The van der Waals surface area contributed by atoms with E-state index in [-0.39, 0.29) is 59.2 Å². The number of aromatic hydroxyl groups is 1. The van der Waals surface area contributed by atoms with Gasteiger partial charge in [0.2, 0.25) is 17.6 Å². The third-order valence-corrected chi connectivity index (χ3v) is 8.99. The first-order valence-electron chi connectivity index (χ1n) is 15.1. The van der Waals surface area contributed by atoms with E-state index in [0.29, 0.717) is 17.7 Å². The van der Waals surface area contributed by atoms with Gasteiger partial charge < -0.3 is 36.7 Å². The minimum Gasteiger partial charge on any atom is -0.502 e. The molecule has 0 radical (unpaired) electrons.